The van der Waals surface area contributed by atoms with Crippen molar-refractivity contribution in [1.29, 1.82) is 0 Å². The number of carbonyl (C=O) groups is 2. The van der Waals surface area contributed by atoms with E-state index in [9.17, 15) is 19.7 Å². The van der Waals surface area contributed by atoms with Crippen molar-refractivity contribution in [2.24, 2.45) is 11.5 Å². The Balaban J connectivity index is 1.71. The highest BCUT2D eigenvalue weighted by Gasteiger charge is 2.37. The standard InChI is InChI=1S/C20H23BN2O5/c22-10-13-4-12(5-14(6-13)11-23)7-17(24)9-16-8-15-2-1-3-18(20(25)26)19(15)28-21(16)27/h1-6,16,27H,7-11,22-23H2,(H,25,26)/t16-/m1/s1. The van der Waals surface area contributed by atoms with E-state index in [1.165, 1.54) is 6.07 Å². The number of fused-ring (bicyclic) bond motifs is 1. The van der Waals surface area contributed by atoms with Crippen molar-refractivity contribution in [1.82, 2.24) is 0 Å². The van der Waals surface area contributed by atoms with Gasteiger partial charge in [0.05, 0.1) is 5.56 Å². The van der Waals surface area contributed by atoms with E-state index >= 15 is 0 Å². The predicted octanol–water partition coefficient (Wildman–Crippen LogP) is 1.29. The predicted molar refractivity (Wildman–Crippen MR) is 105 cm³/mol. The largest absolute Gasteiger partial charge is 0.535 e. The van der Waals surface area contributed by atoms with Crippen molar-refractivity contribution >= 4 is 18.9 Å². The molecule has 28 heavy (non-hydrogen) atoms. The lowest BCUT2D eigenvalue weighted by Crippen LogP contribution is -2.36. The number of para-hydroxylation sites is 1. The molecule has 0 spiro atoms. The SMILES string of the molecule is NCc1cc(CN)cc(CC(=O)C[C@H]2Cc3cccc(C(=O)O)c3OB2O)c1. The van der Waals surface area contributed by atoms with E-state index in [1.54, 1.807) is 12.1 Å². The molecule has 3 rings (SSSR count). The van der Waals surface area contributed by atoms with Crippen molar-refractivity contribution in [3.8, 4) is 5.75 Å². The minimum Gasteiger partial charge on any atom is -0.535 e. The summed E-state index contributed by atoms with van der Waals surface area (Å²) >= 11 is 0. The third kappa shape index (κ3) is 4.41. The summed E-state index contributed by atoms with van der Waals surface area (Å²) in [5.41, 5.74) is 14.8. The van der Waals surface area contributed by atoms with E-state index in [0.717, 1.165) is 16.7 Å². The number of benzene rings is 2. The van der Waals surface area contributed by atoms with Gasteiger partial charge in [-0.05, 0) is 34.7 Å². The summed E-state index contributed by atoms with van der Waals surface area (Å²) < 4.78 is 5.45. The minimum absolute atomic E-state index is 0.00856. The van der Waals surface area contributed by atoms with E-state index in [-0.39, 0.29) is 29.9 Å². The Labute approximate surface area is 163 Å². The van der Waals surface area contributed by atoms with E-state index < -0.39 is 18.9 Å². The fourth-order valence-electron chi connectivity index (χ4n) is 3.60. The second-order valence-electron chi connectivity index (χ2n) is 7.06. The number of ketones is 1. The number of aromatic carboxylic acids is 1. The molecule has 0 radical (unpaired) electrons. The Morgan fingerprint density at radius 1 is 1.11 bits per heavy atom. The molecule has 1 aliphatic heterocycles. The number of Topliss-reactive ketones (excluding diaryl/α,β-unsaturated/α-hetero) is 1. The fraction of sp³-hybridized carbons (Fsp3) is 0.300. The van der Waals surface area contributed by atoms with Crippen LogP contribution < -0.4 is 16.1 Å². The van der Waals surface area contributed by atoms with Gasteiger partial charge in [-0.2, -0.15) is 0 Å². The number of hydrogen-bond donors (Lipinski definition) is 4. The quantitative estimate of drug-likeness (QED) is 0.530. The number of nitrogens with two attached hydrogens (primary N) is 2. The Kier molecular flexibility index (Phi) is 6.13. The number of carboxylic acid groups (broad SMARTS) is 1. The summed E-state index contributed by atoms with van der Waals surface area (Å²) in [6.07, 6.45) is 0.717. The molecular weight excluding hydrogens is 359 g/mol. The lowest BCUT2D eigenvalue weighted by molar-refractivity contribution is -0.118. The molecule has 0 bridgehead atoms. The first-order valence-electron chi connectivity index (χ1n) is 9.14. The van der Waals surface area contributed by atoms with Gasteiger partial charge in [-0.3, -0.25) is 4.79 Å². The van der Waals surface area contributed by atoms with Gasteiger partial charge in [0.1, 0.15) is 11.5 Å². The summed E-state index contributed by atoms with van der Waals surface area (Å²) in [7, 11) is -1.23. The van der Waals surface area contributed by atoms with Crippen LogP contribution in [-0.4, -0.2) is 29.0 Å². The van der Waals surface area contributed by atoms with Crippen molar-refractivity contribution in [3.05, 3.63) is 64.2 Å². The number of carboxylic acids is 1. The second-order valence-corrected chi connectivity index (χ2v) is 7.06. The summed E-state index contributed by atoms with van der Waals surface area (Å²) in [5.74, 6) is -1.41. The molecule has 0 unspecified atom stereocenters. The molecule has 1 atom stereocenters. The van der Waals surface area contributed by atoms with Crippen molar-refractivity contribution in [2.45, 2.75) is 38.2 Å². The Morgan fingerprint density at radius 2 is 1.75 bits per heavy atom. The third-order valence-corrected chi connectivity index (χ3v) is 4.93. The topological polar surface area (TPSA) is 136 Å². The summed E-state index contributed by atoms with van der Waals surface area (Å²) in [6.45, 7) is 0.736. The first-order chi connectivity index (χ1) is 13.4. The Bertz CT molecular complexity index is 880. The van der Waals surface area contributed by atoms with Crippen molar-refractivity contribution < 1.29 is 24.4 Å². The lowest BCUT2D eigenvalue weighted by Gasteiger charge is -2.28. The highest BCUT2D eigenvalue weighted by atomic mass is 16.5. The summed E-state index contributed by atoms with van der Waals surface area (Å²) in [4.78, 5) is 23.9. The number of rotatable bonds is 7. The molecule has 2 aromatic rings. The molecule has 7 nitrogen and oxygen atoms in total. The van der Waals surface area contributed by atoms with Crippen LogP contribution in [0.1, 0.15) is 39.0 Å². The molecular formula is C20H23BN2O5. The number of carbonyl (C=O) groups excluding carboxylic acids is 1. The zero-order valence-electron chi connectivity index (χ0n) is 15.4. The van der Waals surface area contributed by atoms with E-state index in [4.69, 9.17) is 16.1 Å². The van der Waals surface area contributed by atoms with Gasteiger partial charge in [0, 0.05) is 31.7 Å². The molecule has 0 saturated heterocycles. The molecule has 8 heteroatoms. The highest BCUT2D eigenvalue weighted by molar-refractivity contribution is 6.47. The molecule has 0 saturated carbocycles. The van der Waals surface area contributed by atoms with E-state index in [0.29, 0.717) is 25.1 Å². The van der Waals surface area contributed by atoms with Crippen molar-refractivity contribution in [2.75, 3.05) is 0 Å². The zero-order chi connectivity index (χ0) is 20.3. The van der Waals surface area contributed by atoms with Gasteiger partial charge < -0.3 is 26.3 Å². The molecule has 146 valence electrons. The first kappa shape index (κ1) is 20.1. The lowest BCUT2D eigenvalue weighted by atomic mass is 9.64. The van der Waals surface area contributed by atoms with Crippen LogP contribution in [0.25, 0.3) is 0 Å². The zero-order valence-corrected chi connectivity index (χ0v) is 15.4. The third-order valence-electron chi connectivity index (χ3n) is 4.93. The van der Waals surface area contributed by atoms with Gasteiger partial charge in [-0.1, -0.05) is 30.3 Å². The van der Waals surface area contributed by atoms with Crippen LogP contribution in [0.2, 0.25) is 5.82 Å². The maximum absolute atomic E-state index is 12.6. The van der Waals surface area contributed by atoms with Gasteiger partial charge in [0.25, 0.3) is 0 Å². The maximum atomic E-state index is 12.6. The van der Waals surface area contributed by atoms with Crippen LogP contribution in [-0.2, 0) is 30.7 Å². The van der Waals surface area contributed by atoms with Crippen molar-refractivity contribution in [3.63, 3.8) is 0 Å². The van der Waals surface area contributed by atoms with E-state index in [2.05, 4.69) is 0 Å². The van der Waals surface area contributed by atoms with Gasteiger partial charge in [0.15, 0.2) is 0 Å². The fourth-order valence-corrected chi connectivity index (χ4v) is 3.60. The molecule has 0 aliphatic carbocycles. The molecule has 2 aromatic carbocycles. The van der Waals surface area contributed by atoms with Crippen LogP contribution in [0.3, 0.4) is 0 Å². The van der Waals surface area contributed by atoms with Crippen LogP contribution in [0.15, 0.2) is 36.4 Å². The molecule has 0 aromatic heterocycles. The van der Waals surface area contributed by atoms with Gasteiger partial charge in [-0.25, -0.2) is 4.79 Å². The van der Waals surface area contributed by atoms with Gasteiger partial charge in [0.2, 0.25) is 0 Å². The van der Waals surface area contributed by atoms with Crippen LogP contribution in [0.5, 0.6) is 5.75 Å². The summed E-state index contributed by atoms with van der Waals surface area (Å²) in [6, 6.07) is 10.5. The molecule has 0 fully saturated rings. The Morgan fingerprint density at radius 3 is 2.36 bits per heavy atom. The molecule has 6 N–H and O–H groups in total. The van der Waals surface area contributed by atoms with Crippen LogP contribution in [0.4, 0.5) is 0 Å². The molecule has 0 amide bonds. The van der Waals surface area contributed by atoms with Gasteiger partial charge in [-0.15, -0.1) is 0 Å². The average Bonchev–Trinajstić information content (AvgIpc) is 2.67. The van der Waals surface area contributed by atoms with Crippen LogP contribution >= 0.6 is 0 Å². The van der Waals surface area contributed by atoms with Gasteiger partial charge >= 0.3 is 13.1 Å². The highest BCUT2D eigenvalue weighted by Crippen LogP contribution is 2.36. The number of hydrogen-bond acceptors (Lipinski definition) is 6. The maximum Gasteiger partial charge on any atom is 0.526 e. The molecule has 1 aliphatic rings. The normalized spacial score (nSPS) is 15.7. The molecule has 1 heterocycles. The average molecular weight is 382 g/mol. The Hall–Kier alpha value is -2.68. The monoisotopic (exact) mass is 382 g/mol. The summed E-state index contributed by atoms with van der Waals surface area (Å²) in [5, 5.41) is 19.6. The van der Waals surface area contributed by atoms with Crippen LogP contribution in [0, 0.1) is 0 Å². The smallest absolute Gasteiger partial charge is 0.526 e. The van der Waals surface area contributed by atoms with E-state index in [1.807, 2.05) is 18.2 Å². The minimum atomic E-state index is -1.23. The first-order valence-corrected chi connectivity index (χ1v) is 9.14. The second kappa shape index (κ2) is 8.56.